The third kappa shape index (κ3) is 5.32. The monoisotopic (exact) mass is 440 g/mol. The van der Waals surface area contributed by atoms with Crippen molar-refractivity contribution < 1.29 is 9.53 Å². The number of ether oxygens (including phenoxy) is 1. The van der Waals surface area contributed by atoms with E-state index in [1.807, 2.05) is 48.5 Å². The number of aromatic nitrogens is 4. The van der Waals surface area contributed by atoms with Crippen LogP contribution in [0.4, 0.5) is 5.69 Å². The van der Waals surface area contributed by atoms with Crippen LogP contribution in [0.3, 0.4) is 0 Å². The van der Waals surface area contributed by atoms with Crippen LogP contribution in [0.15, 0.2) is 48.5 Å². The van der Waals surface area contributed by atoms with Crippen LogP contribution in [-0.2, 0) is 11.3 Å². The van der Waals surface area contributed by atoms with Crippen LogP contribution in [0.1, 0.15) is 19.3 Å². The summed E-state index contributed by atoms with van der Waals surface area (Å²) in [6.45, 7) is 2.12. The summed E-state index contributed by atoms with van der Waals surface area (Å²) in [6.07, 6.45) is 1.95. The molecule has 0 spiro atoms. The van der Waals surface area contributed by atoms with Crippen molar-refractivity contribution in [3.8, 4) is 17.1 Å². The Morgan fingerprint density at radius 2 is 2.10 bits per heavy atom. The average molecular weight is 441 g/mol. The number of tetrazole rings is 1. The number of rotatable bonds is 8. The molecule has 0 radical (unpaired) electrons. The van der Waals surface area contributed by atoms with Crippen molar-refractivity contribution in [1.82, 2.24) is 25.5 Å². The zero-order chi connectivity index (χ0) is 21.6. The van der Waals surface area contributed by atoms with E-state index in [1.54, 1.807) is 11.9 Å². The van der Waals surface area contributed by atoms with Gasteiger partial charge in [0, 0.05) is 36.1 Å². The highest BCUT2D eigenvalue weighted by Crippen LogP contribution is 2.33. The van der Waals surface area contributed by atoms with Gasteiger partial charge in [-0.25, -0.2) is 0 Å². The van der Waals surface area contributed by atoms with E-state index in [-0.39, 0.29) is 11.9 Å². The number of halogens is 1. The van der Waals surface area contributed by atoms with Crippen LogP contribution in [0.25, 0.3) is 11.4 Å². The lowest BCUT2D eigenvalue weighted by Crippen LogP contribution is -2.37. The largest absolute Gasteiger partial charge is 0.495 e. The SMILES string of the molecule is COc1ccc(Cl)cc1N1CCC(NC(=O)CCCn2nnc(-c3ccccc3)n2)C1. The number of anilines is 1. The first-order chi connectivity index (χ1) is 15.1. The predicted octanol–water partition coefficient (Wildman–Crippen LogP) is 3.18. The average Bonchev–Trinajstić information content (AvgIpc) is 3.44. The quantitative estimate of drug-likeness (QED) is 0.579. The summed E-state index contributed by atoms with van der Waals surface area (Å²) in [4.78, 5) is 16.1. The van der Waals surface area contributed by atoms with Crippen LogP contribution in [0, 0.1) is 0 Å². The Hall–Kier alpha value is -3.13. The number of hydrogen-bond acceptors (Lipinski definition) is 6. The first-order valence-electron chi connectivity index (χ1n) is 10.3. The van der Waals surface area contributed by atoms with Gasteiger partial charge in [0.25, 0.3) is 0 Å². The van der Waals surface area contributed by atoms with Gasteiger partial charge in [-0.2, -0.15) is 4.80 Å². The molecule has 162 valence electrons. The van der Waals surface area contributed by atoms with E-state index in [0.29, 0.717) is 30.2 Å². The first-order valence-corrected chi connectivity index (χ1v) is 10.7. The molecule has 1 amide bonds. The molecule has 1 N–H and O–H groups in total. The van der Waals surface area contributed by atoms with E-state index < -0.39 is 0 Å². The lowest BCUT2D eigenvalue weighted by molar-refractivity contribution is -0.121. The van der Waals surface area contributed by atoms with Crippen molar-refractivity contribution >= 4 is 23.2 Å². The Kier molecular flexibility index (Phi) is 6.66. The third-order valence-corrected chi connectivity index (χ3v) is 5.52. The highest BCUT2D eigenvalue weighted by Gasteiger charge is 2.26. The molecule has 1 aliphatic rings. The minimum atomic E-state index is 0.0355. The van der Waals surface area contributed by atoms with Gasteiger partial charge >= 0.3 is 0 Å². The Labute approximate surface area is 186 Å². The Balaban J connectivity index is 1.23. The Bertz CT molecular complexity index is 1030. The Morgan fingerprint density at radius 3 is 2.90 bits per heavy atom. The number of nitrogens with zero attached hydrogens (tertiary/aromatic N) is 5. The number of amides is 1. The molecule has 3 aromatic rings. The molecule has 1 fully saturated rings. The van der Waals surface area contributed by atoms with Crippen LogP contribution in [-0.4, -0.2) is 52.4 Å². The normalized spacial score (nSPS) is 15.8. The predicted molar refractivity (Wildman–Crippen MR) is 119 cm³/mol. The van der Waals surface area contributed by atoms with Crippen molar-refractivity contribution in [2.75, 3.05) is 25.1 Å². The molecule has 2 heterocycles. The van der Waals surface area contributed by atoms with E-state index in [2.05, 4.69) is 25.6 Å². The standard InChI is InChI=1S/C22H25ClN6O2/c1-31-20-10-9-17(23)14-19(20)28-13-11-18(15-28)24-21(30)8-5-12-29-26-22(25-27-29)16-6-3-2-4-7-16/h2-4,6-7,9-10,14,18H,5,8,11-13,15H2,1H3,(H,24,30). The smallest absolute Gasteiger partial charge is 0.220 e. The molecule has 31 heavy (non-hydrogen) atoms. The van der Waals surface area contributed by atoms with Crippen LogP contribution in [0.2, 0.25) is 5.02 Å². The molecule has 1 aliphatic heterocycles. The molecule has 0 bridgehead atoms. The van der Waals surface area contributed by atoms with Crippen molar-refractivity contribution in [1.29, 1.82) is 0 Å². The molecule has 4 rings (SSSR count). The summed E-state index contributed by atoms with van der Waals surface area (Å²) in [5.41, 5.74) is 1.88. The molecular weight excluding hydrogens is 416 g/mol. The summed E-state index contributed by atoms with van der Waals surface area (Å²) in [6, 6.07) is 15.4. The van der Waals surface area contributed by atoms with Gasteiger partial charge in [0.2, 0.25) is 11.7 Å². The third-order valence-electron chi connectivity index (χ3n) is 5.28. The van der Waals surface area contributed by atoms with Gasteiger partial charge in [-0.05, 0) is 36.3 Å². The van der Waals surface area contributed by atoms with Crippen LogP contribution >= 0.6 is 11.6 Å². The zero-order valence-corrected chi connectivity index (χ0v) is 18.1. The maximum absolute atomic E-state index is 12.4. The topological polar surface area (TPSA) is 85.2 Å². The van der Waals surface area contributed by atoms with Crippen LogP contribution in [0.5, 0.6) is 5.75 Å². The number of methoxy groups -OCH3 is 1. The minimum absolute atomic E-state index is 0.0355. The minimum Gasteiger partial charge on any atom is -0.495 e. The van der Waals surface area contributed by atoms with E-state index in [4.69, 9.17) is 16.3 Å². The fourth-order valence-corrected chi connectivity index (χ4v) is 3.90. The van der Waals surface area contributed by atoms with Crippen molar-refractivity contribution in [2.24, 2.45) is 0 Å². The number of hydrogen-bond donors (Lipinski definition) is 1. The number of nitrogens with one attached hydrogen (secondary N) is 1. The molecule has 1 atom stereocenters. The van der Waals surface area contributed by atoms with Gasteiger partial charge in [-0.3, -0.25) is 4.79 Å². The van der Waals surface area contributed by atoms with Gasteiger partial charge in [0.15, 0.2) is 0 Å². The summed E-state index contributed by atoms with van der Waals surface area (Å²) in [5, 5.41) is 16.3. The maximum Gasteiger partial charge on any atom is 0.220 e. The zero-order valence-electron chi connectivity index (χ0n) is 17.4. The molecular formula is C22H25ClN6O2. The molecule has 1 aromatic heterocycles. The fraction of sp³-hybridized carbons (Fsp3) is 0.364. The van der Waals surface area contributed by atoms with Crippen molar-refractivity contribution in [3.63, 3.8) is 0 Å². The molecule has 2 aromatic carbocycles. The molecule has 9 heteroatoms. The second kappa shape index (κ2) is 9.78. The number of aryl methyl sites for hydroxylation is 1. The van der Waals surface area contributed by atoms with Gasteiger partial charge < -0.3 is 15.0 Å². The highest BCUT2D eigenvalue weighted by molar-refractivity contribution is 6.30. The summed E-state index contributed by atoms with van der Waals surface area (Å²) >= 11 is 6.15. The van der Waals surface area contributed by atoms with Crippen molar-refractivity contribution in [2.45, 2.75) is 31.8 Å². The second-order valence-corrected chi connectivity index (χ2v) is 7.93. The Morgan fingerprint density at radius 1 is 1.26 bits per heavy atom. The van der Waals surface area contributed by atoms with Gasteiger partial charge in [0.05, 0.1) is 19.3 Å². The lowest BCUT2D eigenvalue weighted by Gasteiger charge is -2.21. The van der Waals surface area contributed by atoms with E-state index in [0.717, 1.165) is 36.5 Å². The second-order valence-electron chi connectivity index (χ2n) is 7.49. The van der Waals surface area contributed by atoms with Crippen LogP contribution < -0.4 is 15.0 Å². The lowest BCUT2D eigenvalue weighted by atomic mass is 10.2. The van der Waals surface area contributed by atoms with E-state index in [1.165, 1.54) is 0 Å². The molecule has 1 unspecified atom stereocenters. The maximum atomic E-state index is 12.4. The number of benzene rings is 2. The molecule has 8 nitrogen and oxygen atoms in total. The molecule has 0 saturated carbocycles. The summed E-state index contributed by atoms with van der Waals surface area (Å²) in [5.74, 6) is 1.41. The van der Waals surface area contributed by atoms with E-state index in [9.17, 15) is 4.79 Å². The van der Waals surface area contributed by atoms with Gasteiger partial charge in [-0.1, -0.05) is 41.9 Å². The number of carbonyl (C=O) groups is 1. The van der Waals surface area contributed by atoms with E-state index >= 15 is 0 Å². The first kappa shape index (κ1) is 21.1. The highest BCUT2D eigenvalue weighted by atomic mass is 35.5. The summed E-state index contributed by atoms with van der Waals surface area (Å²) < 4.78 is 5.45. The number of carbonyl (C=O) groups excluding carboxylic acids is 1. The van der Waals surface area contributed by atoms with Crippen molar-refractivity contribution in [3.05, 3.63) is 53.6 Å². The molecule has 1 saturated heterocycles. The molecule has 0 aliphatic carbocycles. The fourth-order valence-electron chi connectivity index (χ4n) is 3.73. The van der Waals surface area contributed by atoms with Gasteiger partial charge in [0.1, 0.15) is 5.75 Å². The summed E-state index contributed by atoms with van der Waals surface area (Å²) in [7, 11) is 1.65. The van der Waals surface area contributed by atoms with Gasteiger partial charge in [-0.15, -0.1) is 10.2 Å².